The van der Waals surface area contributed by atoms with E-state index < -0.39 is 6.04 Å². The molecule has 3 rings (SSSR count). The first-order valence-corrected chi connectivity index (χ1v) is 10.9. The fourth-order valence-corrected chi connectivity index (χ4v) is 3.60. The minimum Gasteiger partial charge on any atom is -0.467 e. The van der Waals surface area contributed by atoms with E-state index in [0.717, 1.165) is 17.7 Å². The summed E-state index contributed by atoms with van der Waals surface area (Å²) in [5, 5.41) is 9.58. The summed E-state index contributed by atoms with van der Waals surface area (Å²) in [6, 6.07) is 10.1. The fraction of sp³-hybridized carbons (Fsp3) is 0.435. The van der Waals surface area contributed by atoms with Gasteiger partial charge in [0.25, 0.3) is 5.91 Å². The van der Waals surface area contributed by atoms with Crippen molar-refractivity contribution in [2.24, 2.45) is 5.10 Å². The van der Waals surface area contributed by atoms with Crippen LogP contribution in [0.2, 0.25) is 5.02 Å². The van der Waals surface area contributed by atoms with Crippen LogP contribution in [0.25, 0.3) is 0 Å². The van der Waals surface area contributed by atoms with E-state index in [1.807, 2.05) is 18.2 Å². The van der Waals surface area contributed by atoms with E-state index in [1.165, 1.54) is 5.01 Å². The number of furan rings is 1. The number of carbonyl (C=O) groups excluding carboxylic acids is 2. The molecule has 0 aliphatic carbocycles. The van der Waals surface area contributed by atoms with Crippen molar-refractivity contribution in [2.75, 3.05) is 33.9 Å². The lowest BCUT2D eigenvalue weighted by atomic mass is 10.0. The third kappa shape index (κ3) is 5.97. The van der Waals surface area contributed by atoms with Gasteiger partial charge in [0.05, 0.1) is 24.6 Å². The molecule has 1 N–H and O–H groups in total. The van der Waals surface area contributed by atoms with Gasteiger partial charge < -0.3 is 14.5 Å². The van der Waals surface area contributed by atoms with Crippen molar-refractivity contribution in [1.29, 1.82) is 0 Å². The van der Waals surface area contributed by atoms with E-state index in [0.29, 0.717) is 30.4 Å². The Morgan fingerprint density at radius 1 is 1.34 bits per heavy atom. The zero-order chi connectivity index (χ0) is 23.1. The van der Waals surface area contributed by atoms with Gasteiger partial charge in [-0.1, -0.05) is 23.7 Å². The second kappa shape index (κ2) is 11.3. The molecule has 172 valence electrons. The Morgan fingerprint density at radius 3 is 2.75 bits per heavy atom. The molecule has 1 aromatic heterocycles. The van der Waals surface area contributed by atoms with E-state index >= 15 is 0 Å². The average molecular weight is 461 g/mol. The van der Waals surface area contributed by atoms with Crippen LogP contribution in [0.3, 0.4) is 0 Å². The Balaban J connectivity index is 1.70. The number of likely N-dealkylation sites (N-methyl/N-ethyl adjacent to an activating group) is 1. The summed E-state index contributed by atoms with van der Waals surface area (Å²) in [6.07, 6.45) is 2.85. The maximum absolute atomic E-state index is 13.4. The largest absolute Gasteiger partial charge is 0.467 e. The zero-order valence-electron chi connectivity index (χ0n) is 18.6. The Labute approximate surface area is 193 Å². The second-order valence-electron chi connectivity index (χ2n) is 7.76. The van der Waals surface area contributed by atoms with Gasteiger partial charge in [-0.3, -0.25) is 14.5 Å². The summed E-state index contributed by atoms with van der Waals surface area (Å²) in [6.45, 7) is 2.99. The molecule has 2 heterocycles. The van der Waals surface area contributed by atoms with Crippen LogP contribution >= 0.6 is 11.6 Å². The van der Waals surface area contributed by atoms with E-state index in [4.69, 9.17) is 20.8 Å². The van der Waals surface area contributed by atoms with Crippen LogP contribution < -0.4 is 5.32 Å². The van der Waals surface area contributed by atoms with Gasteiger partial charge in [-0.25, -0.2) is 5.01 Å². The van der Waals surface area contributed by atoms with Gasteiger partial charge in [-0.05, 0) is 50.2 Å². The highest BCUT2D eigenvalue weighted by Crippen LogP contribution is 2.34. The van der Waals surface area contributed by atoms with Crippen molar-refractivity contribution in [3.05, 3.63) is 59.0 Å². The summed E-state index contributed by atoms with van der Waals surface area (Å²) in [5.41, 5.74) is 1.68. The Morgan fingerprint density at radius 2 is 2.09 bits per heavy atom. The minimum atomic E-state index is -0.550. The Kier molecular flexibility index (Phi) is 8.44. The van der Waals surface area contributed by atoms with Gasteiger partial charge in [0.15, 0.2) is 0 Å². The lowest BCUT2D eigenvalue weighted by Crippen LogP contribution is -2.47. The molecule has 2 aromatic rings. The van der Waals surface area contributed by atoms with E-state index in [2.05, 4.69) is 10.4 Å². The molecule has 32 heavy (non-hydrogen) atoms. The number of methoxy groups -OCH3 is 1. The molecule has 0 saturated heterocycles. The van der Waals surface area contributed by atoms with Crippen LogP contribution in [-0.4, -0.2) is 67.3 Å². The van der Waals surface area contributed by atoms with Crippen molar-refractivity contribution < 1.29 is 18.7 Å². The maximum Gasteiger partial charge on any atom is 0.260 e. The van der Waals surface area contributed by atoms with Crippen molar-refractivity contribution in [1.82, 2.24) is 15.2 Å². The molecule has 0 radical (unpaired) electrons. The van der Waals surface area contributed by atoms with E-state index in [1.54, 1.807) is 50.4 Å². The predicted molar refractivity (Wildman–Crippen MR) is 122 cm³/mol. The van der Waals surface area contributed by atoms with Gasteiger partial charge in [0, 0.05) is 31.7 Å². The SMILES string of the molecule is COCCCNC(=O)CN(C)C(C)C(=O)N1N=C(c2ccc(Cl)cc2)CC1c1ccco1. The molecule has 1 aromatic carbocycles. The number of amides is 2. The van der Waals surface area contributed by atoms with Crippen LogP contribution in [-0.2, 0) is 14.3 Å². The number of halogens is 1. The normalized spacial score (nSPS) is 16.8. The van der Waals surface area contributed by atoms with E-state index in [9.17, 15) is 9.59 Å². The number of ether oxygens (including phenoxy) is 1. The lowest BCUT2D eigenvalue weighted by molar-refractivity contribution is -0.138. The minimum absolute atomic E-state index is 0.104. The Bertz CT molecular complexity index is 930. The summed E-state index contributed by atoms with van der Waals surface area (Å²) in [4.78, 5) is 27.3. The Hall–Kier alpha value is -2.68. The number of carbonyl (C=O) groups is 2. The molecule has 0 saturated carbocycles. The smallest absolute Gasteiger partial charge is 0.260 e. The number of hydrogen-bond acceptors (Lipinski definition) is 6. The van der Waals surface area contributed by atoms with Crippen LogP contribution in [0.5, 0.6) is 0 Å². The molecule has 2 atom stereocenters. The van der Waals surface area contributed by atoms with Crippen LogP contribution in [0.4, 0.5) is 0 Å². The number of nitrogens with zero attached hydrogens (tertiary/aromatic N) is 3. The van der Waals surface area contributed by atoms with Gasteiger partial charge in [-0.15, -0.1) is 0 Å². The second-order valence-corrected chi connectivity index (χ2v) is 8.20. The monoisotopic (exact) mass is 460 g/mol. The highest BCUT2D eigenvalue weighted by atomic mass is 35.5. The molecule has 0 fully saturated rings. The van der Waals surface area contributed by atoms with Crippen LogP contribution in [0, 0.1) is 0 Å². The quantitative estimate of drug-likeness (QED) is 0.550. The predicted octanol–water partition coefficient (Wildman–Crippen LogP) is 3.08. The molecular weight excluding hydrogens is 432 g/mol. The third-order valence-electron chi connectivity index (χ3n) is 5.44. The van der Waals surface area contributed by atoms with Crippen LogP contribution in [0.1, 0.15) is 37.1 Å². The summed E-state index contributed by atoms with van der Waals surface area (Å²) in [5.74, 6) is 0.319. The molecule has 0 bridgehead atoms. The highest BCUT2D eigenvalue weighted by molar-refractivity contribution is 6.30. The summed E-state index contributed by atoms with van der Waals surface area (Å²) >= 11 is 6.01. The summed E-state index contributed by atoms with van der Waals surface area (Å²) < 4.78 is 10.6. The van der Waals surface area contributed by atoms with Gasteiger partial charge in [-0.2, -0.15) is 5.10 Å². The lowest BCUT2D eigenvalue weighted by Gasteiger charge is -2.28. The number of benzene rings is 1. The first-order valence-electron chi connectivity index (χ1n) is 10.6. The molecule has 9 heteroatoms. The highest BCUT2D eigenvalue weighted by Gasteiger charge is 2.37. The standard InChI is InChI=1S/C23H29ClN4O4/c1-16(27(2)15-22(29)25-11-5-12-31-3)23(30)28-20(21-6-4-13-32-21)14-19(26-28)17-7-9-18(24)10-8-17/h4,6-10,13,16,20H,5,11-12,14-15H2,1-3H3,(H,25,29). The van der Waals surface area contributed by atoms with Crippen molar-refractivity contribution in [3.63, 3.8) is 0 Å². The molecule has 2 amide bonds. The molecule has 8 nitrogen and oxygen atoms in total. The van der Waals surface area contributed by atoms with Crippen molar-refractivity contribution in [2.45, 2.75) is 31.8 Å². The zero-order valence-corrected chi connectivity index (χ0v) is 19.3. The van der Waals surface area contributed by atoms with Gasteiger partial charge in [0.2, 0.25) is 5.91 Å². The average Bonchev–Trinajstić information content (AvgIpc) is 3.46. The topological polar surface area (TPSA) is 87.4 Å². The van der Waals surface area contributed by atoms with Gasteiger partial charge >= 0.3 is 0 Å². The van der Waals surface area contributed by atoms with Gasteiger partial charge in [0.1, 0.15) is 11.8 Å². The third-order valence-corrected chi connectivity index (χ3v) is 5.70. The number of hydrogen-bond donors (Lipinski definition) is 1. The molecular formula is C23H29ClN4O4. The van der Waals surface area contributed by atoms with Crippen molar-refractivity contribution in [3.8, 4) is 0 Å². The van der Waals surface area contributed by atoms with Crippen molar-refractivity contribution >= 4 is 29.1 Å². The molecule has 1 aliphatic rings. The molecule has 0 spiro atoms. The number of nitrogens with one attached hydrogen (secondary N) is 1. The van der Waals surface area contributed by atoms with E-state index in [-0.39, 0.29) is 24.4 Å². The molecule has 1 aliphatic heterocycles. The first kappa shape index (κ1) is 24.0. The fourth-order valence-electron chi connectivity index (χ4n) is 3.48. The molecule has 2 unspecified atom stereocenters. The first-order chi connectivity index (χ1) is 15.4. The summed E-state index contributed by atoms with van der Waals surface area (Å²) in [7, 11) is 3.37. The van der Waals surface area contributed by atoms with Crippen LogP contribution in [0.15, 0.2) is 52.2 Å². The number of rotatable bonds is 10. The maximum atomic E-state index is 13.4. The number of hydrazone groups is 1.